The zero-order chi connectivity index (χ0) is 21.2. The van der Waals surface area contributed by atoms with Gasteiger partial charge in [0, 0.05) is 31.5 Å². The molecule has 3 aliphatic rings. The van der Waals surface area contributed by atoms with Gasteiger partial charge in [-0.25, -0.2) is 0 Å². The molecule has 1 N–H and O–H groups in total. The van der Waals surface area contributed by atoms with Gasteiger partial charge in [-0.05, 0) is 23.8 Å². The van der Waals surface area contributed by atoms with Crippen LogP contribution in [0.2, 0.25) is 0 Å². The topological polar surface area (TPSA) is 89.0 Å². The second kappa shape index (κ2) is 8.43. The molecule has 3 aliphatic heterocycles. The number of oxime groups is 1. The predicted molar refractivity (Wildman–Crippen MR) is 111 cm³/mol. The van der Waals surface area contributed by atoms with E-state index in [0.717, 1.165) is 34.8 Å². The molecule has 2 aromatic rings. The highest BCUT2D eigenvalue weighted by Gasteiger charge is 2.30. The van der Waals surface area contributed by atoms with Crippen LogP contribution >= 0.6 is 0 Å². The van der Waals surface area contributed by atoms with E-state index in [0.29, 0.717) is 42.5 Å². The third kappa shape index (κ3) is 3.88. The van der Waals surface area contributed by atoms with Gasteiger partial charge in [-0.1, -0.05) is 11.2 Å². The average molecular weight is 428 g/mol. The first kappa shape index (κ1) is 19.6. The quantitative estimate of drug-likeness (QED) is 0.687. The molecule has 164 valence electrons. The Labute approximate surface area is 179 Å². The number of nitrogens with one attached hydrogen (secondary N) is 1. The molecular formula is C22H24N2O7. The van der Waals surface area contributed by atoms with Crippen molar-refractivity contribution in [2.45, 2.75) is 25.5 Å². The summed E-state index contributed by atoms with van der Waals surface area (Å²) < 4.78 is 32.9. The van der Waals surface area contributed by atoms with Crippen molar-refractivity contribution in [3.8, 4) is 34.5 Å². The number of benzene rings is 2. The number of rotatable bonds is 8. The van der Waals surface area contributed by atoms with Gasteiger partial charge < -0.3 is 38.6 Å². The van der Waals surface area contributed by atoms with Crippen molar-refractivity contribution in [1.82, 2.24) is 5.32 Å². The van der Waals surface area contributed by atoms with Gasteiger partial charge in [-0.2, -0.15) is 0 Å². The molecule has 1 atom stereocenters. The Balaban J connectivity index is 1.17. The maximum atomic E-state index is 5.67. The van der Waals surface area contributed by atoms with Crippen LogP contribution in [0.3, 0.4) is 0 Å². The molecule has 9 heteroatoms. The number of methoxy groups -OCH3 is 2. The van der Waals surface area contributed by atoms with Crippen molar-refractivity contribution in [2.75, 3.05) is 34.4 Å². The van der Waals surface area contributed by atoms with Gasteiger partial charge in [0.15, 0.2) is 23.0 Å². The van der Waals surface area contributed by atoms with Crippen LogP contribution in [-0.2, 0) is 17.8 Å². The molecule has 0 amide bonds. The van der Waals surface area contributed by atoms with Gasteiger partial charge in [0.05, 0.1) is 19.9 Å². The molecule has 0 aromatic heterocycles. The summed E-state index contributed by atoms with van der Waals surface area (Å²) in [6.07, 6.45) is 1.26. The molecule has 0 spiro atoms. The standard InChI is InChI=1S/C22H24N2O7/c1-25-19-7-14(20(26-2)22-21(19)29-12-30-22)6-16-8-15(24-31-16)10-23-9-13-3-4-17-18(5-13)28-11-27-17/h3-5,7,16,23H,6,8-12H2,1-2H3/t16-/m0/s1. The third-order valence-electron chi connectivity index (χ3n) is 5.40. The largest absolute Gasteiger partial charge is 0.493 e. The molecule has 0 bridgehead atoms. The fourth-order valence-corrected chi connectivity index (χ4v) is 3.94. The van der Waals surface area contributed by atoms with Crippen molar-refractivity contribution in [2.24, 2.45) is 5.16 Å². The van der Waals surface area contributed by atoms with Crippen molar-refractivity contribution < 1.29 is 33.3 Å². The van der Waals surface area contributed by atoms with Crippen molar-refractivity contribution >= 4 is 5.71 Å². The smallest absolute Gasteiger partial charge is 0.231 e. The Kier molecular flexibility index (Phi) is 5.33. The number of ether oxygens (including phenoxy) is 6. The normalized spacial score (nSPS) is 18.0. The maximum Gasteiger partial charge on any atom is 0.231 e. The average Bonchev–Trinajstić information content (AvgIpc) is 3.54. The first-order valence-corrected chi connectivity index (χ1v) is 10.1. The minimum absolute atomic E-state index is 0.0821. The van der Waals surface area contributed by atoms with E-state index in [9.17, 15) is 0 Å². The van der Waals surface area contributed by atoms with Crippen LogP contribution in [0.25, 0.3) is 0 Å². The predicted octanol–water partition coefficient (Wildman–Crippen LogP) is 2.64. The van der Waals surface area contributed by atoms with Crippen LogP contribution < -0.4 is 33.7 Å². The van der Waals surface area contributed by atoms with Gasteiger partial charge in [-0.15, -0.1) is 0 Å². The highest BCUT2D eigenvalue weighted by molar-refractivity contribution is 5.87. The highest BCUT2D eigenvalue weighted by atomic mass is 16.7. The molecule has 31 heavy (non-hydrogen) atoms. The number of hydrogen-bond acceptors (Lipinski definition) is 9. The maximum absolute atomic E-state index is 5.67. The van der Waals surface area contributed by atoms with Crippen LogP contribution in [0.4, 0.5) is 0 Å². The molecule has 0 unspecified atom stereocenters. The van der Waals surface area contributed by atoms with E-state index >= 15 is 0 Å². The van der Waals surface area contributed by atoms with E-state index in [-0.39, 0.29) is 19.7 Å². The molecule has 9 nitrogen and oxygen atoms in total. The summed E-state index contributed by atoms with van der Waals surface area (Å²) in [7, 11) is 3.22. The van der Waals surface area contributed by atoms with Crippen LogP contribution in [0.1, 0.15) is 17.5 Å². The van der Waals surface area contributed by atoms with Crippen LogP contribution in [0.15, 0.2) is 29.4 Å². The Morgan fingerprint density at radius 1 is 0.968 bits per heavy atom. The summed E-state index contributed by atoms with van der Waals surface area (Å²) in [6, 6.07) is 7.85. The number of fused-ring (bicyclic) bond motifs is 2. The second-order valence-electron chi connectivity index (χ2n) is 7.42. The Bertz CT molecular complexity index is 1010. The summed E-state index contributed by atoms with van der Waals surface area (Å²) in [6.45, 7) is 1.77. The lowest BCUT2D eigenvalue weighted by molar-refractivity contribution is 0.0853. The summed E-state index contributed by atoms with van der Waals surface area (Å²) in [5, 5.41) is 7.66. The Morgan fingerprint density at radius 3 is 2.68 bits per heavy atom. The minimum Gasteiger partial charge on any atom is -0.493 e. The van der Waals surface area contributed by atoms with Gasteiger partial charge in [-0.3, -0.25) is 0 Å². The lowest BCUT2D eigenvalue weighted by atomic mass is 10.0. The summed E-state index contributed by atoms with van der Waals surface area (Å²) in [4.78, 5) is 5.67. The van der Waals surface area contributed by atoms with Crippen LogP contribution in [-0.4, -0.2) is 46.2 Å². The summed E-state index contributed by atoms with van der Waals surface area (Å²) in [5.41, 5.74) is 3.02. The van der Waals surface area contributed by atoms with Crippen molar-refractivity contribution in [3.05, 3.63) is 35.4 Å². The first-order chi connectivity index (χ1) is 15.2. The highest BCUT2D eigenvalue weighted by Crippen LogP contribution is 2.50. The molecule has 5 rings (SSSR count). The monoisotopic (exact) mass is 428 g/mol. The minimum atomic E-state index is -0.0821. The van der Waals surface area contributed by atoms with E-state index in [1.54, 1.807) is 14.2 Å². The third-order valence-corrected chi connectivity index (χ3v) is 5.40. The molecule has 0 aliphatic carbocycles. The second-order valence-corrected chi connectivity index (χ2v) is 7.42. The molecule has 2 aromatic carbocycles. The van der Waals surface area contributed by atoms with Crippen molar-refractivity contribution in [1.29, 1.82) is 0 Å². The molecule has 0 saturated heterocycles. The zero-order valence-corrected chi connectivity index (χ0v) is 17.4. The summed E-state index contributed by atoms with van der Waals surface area (Å²) in [5.74, 6) is 3.98. The summed E-state index contributed by atoms with van der Waals surface area (Å²) >= 11 is 0. The SMILES string of the molecule is COc1cc(C[C@H]2CC(CNCc3ccc4c(c3)OCO4)=NO2)c(OC)c2c1OCO2. The fourth-order valence-electron chi connectivity index (χ4n) is 3.94. The van der Waals surface area contributed by atoms with E-state index in [4.69, 9.17) is 33.3 Å². The van der Waals surface area contributed by atoms with Crippen molar-refractivity contribution in [3.63, 3.8) is 0 Å². The number of hydrogen-bond donors (Lipinski definition) is 1. The fraction of sp³-hybridized carbons (Fsp3) is 0.409. The lowest BCUT2D eigenvalue weighted by Crippen LogP contribution is -2.23. The molecule has 0 fully saturated rings. The molecular weight excluding hydrogens is 404 g/mol. The van der Waals surface area contributed by atoms with E-state index in [1.165, 1.54) is 0 Å². The lowest BCUT2D eigenvalue weighted by Gasteiger charge is -2.15. The van der Waals surface area contributed by atoms with Gasteiger partial charge >= 0.3 is 0 Å². The van der Waals surface area contributed by atoms with Crippen LogP contribution in [0.5, 0.6) is 34.5 Å². The molecule has 3 heterocycles. The number of nitrogens with zero attached hydrogens (tertiary/aromatic N) is 1. The van der Waals surface area contributed by atoms with Crippen LogP contribution in [0, 0.1) is 0 Å². The molecule has 0 radical (unpaired) electrons. The zero-order valence-electron chi connectivity index (χ0n) is 17.4. The Morgan fingerprint density at radius 2 is 1.81 bits per heavy atom. The Hall–Kier alpha value is -3.33. The van der Waals surface area contributed by atoms with E-state index < -0.39 is 0 Å². The van der Waals surface area contributed by atoms with E-state index in [2.05, 4.69) is 10.5 Å². The molecule has 0 saturated carbocycles. The van der Waals surface area contributed by atoms with Gasteiger partial charge in [0.2, 0.25) is 25.1 Å². The first-order valence-electron chi connectivity index (χ1n) is 10.1. The van der Waals surface area contributed by atoms with Gasteiger partial charge in [0.25, 0.3) is 0 Å². The van der Waals surface area contributed by atoms with Gasteiger partial charge in [0.1, 0.15) is 6.10 Å². The van der Waals surface area contributed by atoms with E-state index in [1.807, 2.05) is 24.3 Å².